The van der Waals surface area contributed by atoms with Crippen LogP contribution in [0.3, 0.4) is 0 Å². The highest BCUT2D eigenvalue weighted by atomic mass is 19.4. The molecule has 1 aromatic heterocycles. The second-order valence-electron chi connectivity index (χ2n) is 8.58. The molecule has 0 radical (unpaired) electrons. The number of fused-ring (bicyclic) bond motifs is 2. The number of nitrogens with zero attached hydrogens (tertiary/aromatic N) is 4. The molecule has 2 atom stereocenters. The van der Waals surface area contributed by atoms with Crippen LogP contribution < -0.4 is 4.74 Å². The van der Waals surface area contributed by atoms with Gasteiger partial charge in [0, 0.05) is 61.3 Å². The number of aromatic nitrogens is 3. The molecule has 35 heavy (non-hydrogen) atoms. The molecule has 2 aliphatic rings. The lowest BCUT2D eigenvalue weighted by atomic mass is 10.0. The number of aromatic amines is 1. The zero-order valence-electron chi connectivity index (χ0n) is 18.1. The summed E-state index contributed by atoms with van der Waals surface area (Å²) in [5, 5.41) is 10.4. The fraction of sp³-hybridized carbons (Fsp3) is 0.304. The van der Waals surface area contributed by atoms with Gasteiger partial charge in [-0.2, -0.15) is 0 Å². The molecule has 8 nitrogen and oxygen atoms in total. The van der Waals surface area contributed by atoms with E-state index in [-0.39, 0.29) is 29.2 Å². The Morgan fingerprint density at radius 2 is 1.74 bits per heavy atom. The molecular weight excluding hydrogens is 470 g/mol. The first-order valence-electron chi connectivity index (χ1n) is 10.8. The zero-order valence-corrected chi connectivity index (χ0v) is 18.1. The van der Waals surface area contributed by atoms with Crippen LogP contribution in [0.15, 0.2) is 42.5 Å². The first-order valence-corrected chi connectivity index (χ1v) is 10.8. The van der Waals surface area contributed by atoms with Crippen molar-refractivity contribution in [1.82, 2.24) is 25.2 Å². The highest BCUT2D eigenvalue weighted by Gasteiger charge is 2.42. The number of carbonyl (C=O) groups excluding carboxylic acids is 2. The SMILES string of the molecule is O=C(/C=C/c1ccc(OC(F)(F)F)cc1F)N1C[C@@H]2CN(C(=O)c3ccc4[nH]nnc4c3)C[C@H]2C1. The Balaban J connectivity index is 1.17. The monoisotopic (exact) mass is 489 g/mol. The number of benzene rings is 2. The number of ether oxygens (including phenoxy) is 1. The fourth-order valence-corrected chi connectivity index (χ4v) is 4.60. The van der Waals surface area contributed by atoms with Crippen LogP contribution in [0.2, 0.25) is 0 Å². The van der Waals surface area contributed by atoms with Gasteiger partial charge in [-0.3, -0.25) is 14.7 Å². The van der Waals surface area contributed by atoms with E-state index in [2.05, 4.69) is 20.1 Å². The molecule has 3 heterocycles. The molecular formula is C23H19F4N5O3. The van der Waals surface area contributed by atoms with Gasteiger partial charge in [0.2, 0.25) is 5.91 Å². The predicted molar refractivity (Wildman–Crippen MR) is 115 cm³/mol. The van der Waals surface area contributed by atoms with E-state index in [9.17, 15) is 27.2 Å². The third kappa shape index (κ3) is 4.81. The minimum absolute atomic E-state index is 0.0341. The Labute approximate surface area is 196 Å². The van der Waals surface area contributed by atoms with Gasteiger partial charge in [-0.05, 0) is 36.4 Å². The maximum absolute atomic E-state index is 14.1. The standard InChI is InChI=1S/C23H19F4N5O3/c24-18-8-17(35-23(25,26)27)4-1-13(18)3-6-21(33)31-9-15-11-32(12-16(15)10-31)22(34)14-2-5-19-20(7-14)29-30-28-19/h1-8,15-16H,9-12H2,(H,28,29,30)/b6-3+/t15-,16-/m1/s1. The van der Waals surface area contributed by atoms with Crippen molar-refractivity contribution in [3.8, 4) is 5.75 Å². The summed E-state index contributed by atoms with van der Waals surface area (Å²) >= 11 is 0. The van der Waals surface area contributed by atoms with Gasteiger partial charge in [0.1, 0.15) is 17.1 Å². The first-order chi connectivity index (χ1) is 16.7. The van der Waals surface area contributed by atoms with Gasteiger partial charge in [-0.15, -0.1) is 18.3 Å². The molecule has 0 spiro atoms. The second kappa shape index (κ2) is 8.67. The van der Waals surface area contributed by atoms with Gasteiger partial charge in [0.15, 0.2) is 0 Å². The first kappa shape index (κ1) is 22.8. The maximum atomic E-state index is 14.1. The molecule has 182 valence electrons. The number of likely N-dealkylation sites (tertiary alicyclic amines) is 2. The average molecular weight is 489 g/mol. The van der Waals surface area contributed by atoms with E-state index >= 15 is 0 Å². The van der Waals surface area contributed by atoms with E-state index in [1.165, 1.54) is 12.2 Å². The molecule has 5 rings (SSSR count). The molecule has 1 N–H and O–H groups in total. The number of alkyl halides is 3. The summed E-state index contributed by atoms with van der Waals surface area (Å²) in [6.07, 6.45) is -2.50. The Hall–Kier alpha value is -3.96. The van der Waals surface area contributed by atoms with E-state index in [1.54, 1.807) is 28.0 Å². The molecule has 2 saturated heterocycles. The quantitative estimate of drug-likeness (QED) is 0.449. The molecule has 2 aliphatic heterocycles. The van der Waals surface area contributed by atoms with Crippen molar-refractivity contribution in [2.45, 2.75) is 6.36 Å². The lowest BCUT2D eigenvalue weighted by molar-refractivity contribution is -0.274. The van der Waals surface area contributed by atoms with Gasteiger partial charge in [0.25, 0.3) is 5.91 Å². The smallest absolute Gasteiger partial charge is 0.406 e. The molecule has 0 unspecified atom stereocenters. The van der Waals surface area contributed by atoms with Gasteiger partial charge in [-0.25, -0.2) is 4.39 Å². The maximum Gasteiger partial charge on any atom is 0.573 e. The highest BCUT2D eigenvalue weighted by Crippen LogP contribution is 2.32. The van der Waals surface area contributed by atoms with Gasteiger partial charge in [-0.1, -0.05) is 5.21 Å². The number of nitrogens with one attached hydrogen (secondary N) is 1. The Kier molecular flexibility index (Phi) is 5.65. The molecule has 12 heteroatoms. The number of rotatable bonds is 4. The third-order valence-corrected chi connectivity index (χ3v) is 6.27. The summed E-state index contributed by atoms with van der Waals surface area (Å²) < 4.78 is 54.6. The Bertz CT molecular complexity index is 1310. The molecule has 0 aliphatic carbocycles. The van der Waals surface area contributed by atoms with Crippen LogP contribution in [0.4, 0.5) is 17.6 Å². The van der Waals surface area contributed by atoms with Crippen molar-refractivity contribution in [3.05, 3.63) is 59.4 Å². The number of hydrogen-bond donors (Lipinski definition) is 1. The van der Waals surface area contributed by atoms with Crippen LogP contribution in [-0.4, -0.2) is 69.6 Å². The average Bonchev–Trinajstić information content (AvgIpc) is 3.51. The summed E-state index contributed by atoms with van der Waals surface area (Å²) in [5.41, 5.74) is 1.84. The minimum atomic E-state index is -4.92. The van der Waals surface area contributed by atoms with Gasteiger partial charge >= 0.3 is 6.36 Å². The molecule has 0 bridgehead atoms. The van der Waals surface area contributed by atoms with Gasteiger partial charge in [0.05, 0.1) is 5.52 Å². The number of amides is 2. The zero-order chi connectivity index (χ0) is 24.7. The topological polar surface area (TPSA) is 91.4 Å². The molecule has 0 saturated carbocycles. The molecule has 2 aromatic carbocycles. The van der Waals surface area contributed by atoms with Crippen molar-refractivity contribution >= 4 is 28.9 Å². The Morgan fingerprint density at radius 1 is 1.03 bits per heavy atom. The minimum Gasteiger partial charge on any atom is -0.406 e. The summed E-state index contributed by atoms with van der Waals surface area (Å²) in [6, 6.07) is 7.87. The van der Waals surface area contributed by atoms with E-state index < -0.39 is 17.9 Å². The van der Waals surface area contributed by atoms with Crippen molar-refractivity contribution in [3.63, 3.8) is 0 Å². The number of hydrogen-bond acceptors (Lipinski definition) is 5. The van der Waals surface area contributed by atoms with Crippen LogP contribution in [-0.2, 0) is 4.79 Å². The summed E-state index contributed by atoms with van der Waals surface area (Å²) in [7, 11) is 0. The van der Waals surface area contributed by atoms with Crippen molar-refractivity contribution in [2.24, 2.45) is 11.8 Å². The molecule has 2 amide bonds. The highest BCUT2D eigenvalue weighted by molar-refractivity contribution is 5.97. The predicted octanol–water partition coefficient (Wildman–Crippen LogP) is 3.24. The van der Waals surface area contributed by atoms with Crippen molar-refractivity contribution < 1.29 is 31.9 Å². The third-order valence-electron chi connectivity index (χ3n) is 6.27. The van der Waals surface area contributed by atoms with E-state index in [4.69, 9.17) is 0 Å². The van der Waals surface area contributed by atoms with Crippen molar-refractivity contribution in [2.75, 3.05) is 26.2 Å². The summed E-state index contributed by atoms with van der Waals surface area (Å²) in [4.78, 5) is 28.9. The number of halogens is 4. The largest absolute Gasteiger partial charge is 0.573 e. The second-order valence-corrected chi connectivity index (χ2v) is 8.58. The van der Waals surface area contributed by atoms with Crippen LogP contribution >= 0.6 is 0 Å². The molecule has 2 fully saturated rings. The van der Waals surface area contributed by atoms with Crippen LogP contribution in [0.25, 0.3) is 17.1 Å². The fourth-order valence-electron chi connectivity index (χ4n) is 4.60. The van der Waals surface area contributed by atoms with Crippen LogP contribution in [0.1, 0.15) is 15.9 Å². The van der Waals surface area contributed by atoms with Crippen LogP contribution in [0, 0.1) is 17.7 Å². The normalized spacial score (nSPS) is 20.1. The number of carbonyl (C=O) groups is 2. The summed E-state index contributed by atoms with van der Waals surface area (Å²) in [5.74, 6) is -1.79. The summed E-state index contributed by atoms with van der Waals surface area (Å²) in [6.45, 7) is 1.95. The lowest BCUT2D eigenvalue weighted by Crippen LogP contribution is -2.35. The van der Waals surface area contributed by atoms with Crippen LogP contribution in [0.5, 0.6) is 5.75 Å². The molecule has 3 aromatic rings. The van der Waals surface area contributed by atoms with E-state index in [0.29, 0.717) is 43.3 Å². The Morgan fingerprint density at radius 3 is 2.43 bits per heavy atom. The van der Waals surface area contributed by atoms with Gasteiger partial charge < -0.3 is 14.5 Å². The lowest BCUT2D eigenvalue weighted by Gasteiger charge is -2.21. The van der Waals surface area contributed by atoms with E-state index in [0.717, 1.165) is 17.6 Å². The van der Waals surface area contributed by atoms with Crippen molar-refractivity contribution in [1.29, 1.82) is 0 Å². The van der Waals surface area contributed by atoms with E-state index in [1.807, 2.05) is 0 Å². The number of H-pyrrole nitrogens is 1.